The number of carbonyl (C=O) groups excluding carboxylic acids is 1. The van der Waals surface area contributed by atoms with Gasteiger partial charge >= 0.3 is 0 Å². The van der Waals surface area contributed by atoms with Crippen LogP contribution in [-0.4, -0.2) is 12.8 Å². The summed E-state index contributed by atoms with van der Waals surface area (Å²) >= 11 is 0. The fraction of sp³-hybridized carbons (Fsp3) is 0.632. The predicted octanol–water partition coefficient (Wildman–Crippen LogP) is 4.88. The Hall–Kier alpha value is -1.15. The molecule has 1 aromatic rings. The van der Waals surface area contributed by atoms with E-state index in [2.05, 4.69) is 35.6 Å². The number of hydrogen-bond acceptors (Lipinski definition) is 2. The van der Waals surface area contributed by atoms with Crippen LogP contribution < -0.4 is 5.32 Å². The fourth-order valence-electron chi connectivity index (χ4n) is 2.54. The topological polar surface area (TPSA) is 29.1 Å². The minimum Gasteiger partial charge on any atom is -0.313 e. The normalized spacial score (nSPS) is 10.7. The second-order valence-electron chi connectivity index (χ2n) is 5.80. The van der Waals surface area contributed by atoms with Crippen molar-refractivity contribution in [2.75, 3.05) is 6.54 Å². The summed E-state index contributed by atoms with van der Waals surface area (Å²) in [5.41, 5.74) is 1.37. The number of aldehydes is 1. The molecular formula is C19H31NO. The van der Waals surface area contributed by atoms with Crippen LogP contribution in [0.4, 0.5) is 0 Å². The molecule has 118 valence electrons. The third-order valence-electron chi connectivity index (χ3n) is 3.85. The average molecular weight is 289 g/mol. The van der Waals surface area contributed by atoms with Crippen LogP contribution in [0.15, 0.2) is 30.3 Å². The number of rotatable bonds is 14. The van der Waals surface area contributed by atoms with E-state index in [-0.39, 0.29) is 0 Å². The molecule has 0 saturated carbocycles. The predicted molar refractivity (Wildman–Crippen MR) is 90.4 cm³/mol. The zero-order valence-corrected chi connectivity index (χ0v) is 13.4. The molecule has 1 N–H and O–H groups in total. The fourth-order valence-corrected chi connectivity index (χ4v) is 2.54. The molecule has 0 saturated heterocycles. The molecule has 0 radical (unpaired) electrons. The Labute approximate surface area is 130 Å². The molecule has 2 nitrogen and oxygen atoms in total. The number of unbranched alkanes of at least 4 members (excludes halogenated alkanes) is 9. The molecule has 0 fully saturated rings. The van der Waals surface area contributed by atoms with Gasteiger partial charge in [-0.05, 0) is 24.9 Å². The van der Waals surface area contributed by atoms with Crippen LogP contribution in [0.1, 0.15) is 69.8 Å². The molecule has 1 aromatic carbocycles. The van der Waals surface area contributed by atoms with E-state index < -0.39 is 0 Å². The van der Waals surface area contributed by atoms with Gasteiger partial charge in [0.05, 0.1) is 0 Å². The first-order chi connectivity index (χ1) is 10.4. The highest BCUT2D eigenvalue weighted by Crippen LogP contribution is 2.10. The molecule has 0 aliphatic rings. The summed E-state index contributed by atoms with van der Waals surface area (Å²) in [6, 6.07) is 10.6. The lowest BCUT2D eigenvalue weighted by Gasteiger charge is -2.05. The van der Waals surface area contributed by atoms with Crippen LogP contribution >= 0.6 is 0 Å². The molecule has 0 aromatic heterocycles. The minimum atomic E-state index is 0.746. The van der Waals surface area contributed by atoms with Crippen molar-refractivity contribution in [2.24, 2.45) is 0 Å². The van der Waals surface area contributed by atoms with Gasteiger partial charge < -0.3 is 10.1 Å². The molecule has 0 spiro atoms. The first-order valence-electron chi connectivity index (χ1n) is 8.62. The zero-order valence-electron chi connectivity index (χ0n) is 13.4. The molecule has 0 amide bonds. The molecule has 0 atom stereocenters. The molecule has 21 heavy (non-hydrogen) atoms. The smallest absolute Gasteiger partial charge is 0.119 e. The highest BCUT2D eigenvalue weighted by molar-refractivity contribution is 5.48. The quantitative estimate of drug-likeness (QED) is 0.391. The van der Waals surface area contributed by atoms with E-state index in [0.717, 1.165) is 32.2 Å². The van der Waals surface area contributed by atoms with Gasteiger partial charge in [-0.2, -0.15) is 0 Å². The van der Waals surface area contributed by atoms with E-state index in [0.29, 0.717) is 0 Å². The van der Waals surface area contributed by atoms with E-state index in [9.17, 15) is 4.79 Å². The van der Waals surface area contributed by atoms with Gasteiger partial charge in [-0.25, -0.2) is 0 Å². The van der Waals surface area contributed by atoms with E-state index in [1.807, 2.05) is 0 Å². The van der Waals surface area contributed by atoms with Crippen LogP contribution in [0.3, 0.4) is 0 Å². The van der Waals surface area contributed by atoms with Crippen LogP contribution in [-0.2, 0) is 11.3 Å². The number of carbonyl (C=O) groups is 1. The van der Waals surface area contributed by atoms with Crippen LogP contribution in [0.25, 0.3) is 0 Å². The Morgan fingerprint density at radius 3 is 1.95 bits per heavy atom. The Morgan fingerprint density at radius 2 is 1.33 bits per heavy atom. The van der Waals surface area contributed by atoms with E-state index in [1.54, 1.807) is 0 Å². The molecule has 0 bridgehead atoms. The lowest BCUT2D eigenvalue weighted by molar-refractivity contribution is -0.107. The summed E-state index contributed by atoms with van der Waals surface area (Å²) in [6.45, 7) is 2.11. The number of nitrogens with one attached hydrogen (secondary N) is 1. The van der Waals surface area contributed by atoms with Crippen molar-refractivity contribution in [1.82, 2.24) is 5.32 Å². The largest absolute Gasteiger partial charge is 0.313 e. The molecule has 0 aliphatic heterocycles. The first-order valence-corrected chi connectivity index (χ1v) is 8.62. The van der Waals surface area contributed by atoms with E-state index in [1.165, 1.54) is 56.9 Å². The second-order valence-corrected chi connectivity index (χ2v) is 5.80. The summed E-state index contributed by atoms with van der Waals surface area (Å²) in [5.74, 6) is 0. The van der Waals surface area contributed by atoms with Crippen LogP contribution in [0, 0.1) is 0 Å². The Kier molecular flexibility index (Phi) is 11.8. The van der Waals surface area contributed by atoms with Crippen molar-refractivity contribution in [1.29, 1.82) is 0 Å². The SMILES string of the molecule is O=CCCCCCCCCCCCNCc1ccccc1. The maximum atomic E-state index is 10.2. The number of hydrogen-bond donors (Lipinski definition) is 1. The monoisotopic (exact) mass is 289 g/mol. The third-order valence-corrected chi connectivity index (χ3v) is 3.85. The maximum absolute atomic E-state index is 10.2. The molecule has 0 aliphatic carbocycles. The van der Waals surface area contributed by atoms with Gasteiger partial charge in [-0.3, -0.25) is 0 Å². The molecule has 1 rings (SSSR count). The van der Waals surface area contributed by atoms with Crippen molar-refractivity contribution < 1.29 is 4.79 Å². The Bertz CT molecular complexity index is 337. The first kappa shape index (κ1) is 17.9. The van der Waals surface area contributed by atoms with Gasteiger partial charge in [-0.15, -0.1) is 0 Å². The summed E-state index contributed by atoms with van der Waals surface area (Å²) in [4.78, 5) is 10.2. The van der Waals surface area contributed by atoms with Crippen LogP contribution in [0.5, 0.6) is 0 Å². The van der Waals surface area contributed by atoms with Crippen molar-refractivity contribution in [3.63, 3.8) is 0 Å². The van der Waals surface area contributed by atoms with Crippen molar-refractivity contribution in [2.45, 2.75) is 70.8 Å². The third kappa shape index (κ3) is 11.2. The van der Waals surface area contributed by atoms with Crippen LogP contribution in [0.2, 0.25) is 0 Å². The number of benzene rings is 1. The Balaban J connectivity index is 1.76. The standard InChI is InChI=1S/C19H31NO/c21-17-13-8-6-4-2-1-3-5-7-12-16-20-18-19-14-10-9-11-15-19/h9-11,14-15,17,20H,1-8,12-13,16,18H2. The summed E-state index contributed by atoms with van der Waals surface area (Å²) in [6.07, 6.45) is 13.4. The molecule has 2 heteroatoms. The highest BCUT2D eigenvalue weighted by atomic mass is 16.1. The van der Waals surface area contributed by atoms with Gasteiger partial charge in [0.1, 0.15) is 6.29 Å². The molecule has 0 unspecified atom stereocenters. The van der Waals surface area contributed by atoms with Gasteiger partial charge in [0.2, 0.25) is 0 Å². The lowest BCUT2D eigenvalue weighted by Crippen LogP contribution is -2.14. The van der Waals surface area contributed by atoms with Crippen molar-refractivity contribution >= 4 is 6.29 Å². The van der Waals surface area contributed by atoms with Gasteiger partial charge in [0.15, 0.2) is 0 Å². The van der Waals surface area contributed by atoms with E-state index in [4.69, 9.17) is 0 Å². The average Bonchev–Trinajstić information content (AvgIpc) is 2.53. The zero-order chi connectivity index (χ0) is 15.0. The van der Waals surface area contributed by atoms with Gasteiger partial charge in [0, 0.05) is 13.0 Å². The highest BCUT2D eigenvalue weighted by Gasteiger charge is 1.94. The lowest BCUT2D eigenvalue weighted by atomic mass is 10.1. The van der Waals surface area contributed by atoms with Gasteiger partial charge in [-0.1, -0.05) is 75.3 Å². The minimum absolute atomic E-state index is 0.746. The van der Waals surface area contributed by atoms with Crippen molar-refractivity contribution in [3.8, 4) is 0 Å². The molecular weight excluding hydrogens is 258 g/mol. The summed E-state index contributed by atoms with van der Waals surface area (Å²) in [5, 5.41) is 3.50. The summed E-state index contributed by atoms with van der Waals surface area (Å²) < 4.78 is 0. The van der Waals surface area contributed by atoms with Crippen molar-refractivity contribution in [3.05, 3.63) is 35.9 Å². The maximum Gasteiger partial charge on any atom is 0.119 e. The second kappa shape index (κ2) is 13.8. The van der Waals surface area contributed by atoms with Gasteiger partial charge in [0.25, 0.3) is 0 Å². The van der Waals surface area contributed by atoms with E-state index >= 15 is 0 Å². The Morgan fingerprint density at radius 1 is 0.762 bits per heavy atom. The summed E-state index contributed by atoms with van der Waals surface area (Å²) in [7, 11) is 0. The molecule has 0 heterocycles.